The lowest BCUT2D eigenvalue weighted by atomic mass is 10.1. The molecule has 2 aromatic rings. The van der Waals surface area contributed by atoms with Gasteiger partial charge in [-0.05, 0) is 42.7 Å². The van der Waals surface area contributed by atoms with Crippen molar-refractivity contribution in [2.24, 2.45) is 5.14 Å². The largest absolute Gasteiger partial charge is 0.355 e. The molecule has 2 amide bonds. The van der Waals surface area contributed by atoms with E-state index in [1.54, 1.807) is 13.8 Å². The summed E-state index contributed by atoms with van der Waals surface area (Å²) < 4.78 is 23.1. The fourth-order valence-electron chi connectivity index (χ4n) is 2.49. The standard InChI is InChI=1S/C19H23N3O4S/c1-13-10-16(27(20,25)26)12-17(14(13)2)22-18(23)8-9-21-19(24)11-15-6-4-3-5-7-15/h3-7,10,12H,8-9,11H2,1-2H3,(H,21,24)(H,22,23)(H2,20,25,26). The summed E-state index contributed by atoms with van der Waals surface area (Å²) in [5.41, 5.74) is 2.74. The predicted octanol–water partition coefficient (Wildman–Crippen LogP) is 1.64. The third-order valence-corrected chi connectivity index (χ3v) is 5.02. The summed E-state index contributed by atoms with van der Waals surface area (Å²) in [5.74, 6) is -0.499. The highest BCUT2D eigenvalue weighted by Crippen LogP contribution is 2.23. The molecule has 0 saturated heterocycles. The maximum atomic E-state index is 12.1. The van der Waals surface area contributed by atoms with Gasteiger partial charge in [-0.2, -0.15) is 0 Å². The Morgan fingerprint density at radius 3 is 2.33 bits per heavy atom. The van der Waals surface area contributed by atoms with Gasteiger partial charge in [-0.3, -0.25) is 9.59 Å². The first-order valence-corrected chi connectivity index (χ1v) is 9.96. The lowest BCUT2D eigenvalue weighted by molar-refractivity contribution is -0.120. The molecule has 2 aromatic carbocycles. The Morgan fingerprint density at radius 1 is 1.04 bits per heavy atom. The van der Waals surface area contributed by atoms with E-state index in [9.17, 15) is 18.0 Å². The summed E-state index contributed by atoms with van der Waals surface area (Å²) in [6, 6.07) is 12.1. The number of amides is 2. The van der Waals surface area contributed by atoms with Crippen LogP contribution in [-0.4, -0.2) is 26.8 Å². The van der Waals surface area contributed by atoms with Crippen molar-refractivity contribution in [3.05, 3.63) is 59.2 Å². The molecule has 0 aliphatic carbocycles. The average molecular weight is 389 g/mol. The molecule has 0 fully saturated rings. The van der Waals surface area contributed by atoms with Crippen LogP contribution < -0.4 is 15.8 Å². The van der Waals surface area contributed by atoms with E-state index < -0.39 is 10.0 Å². The number of nitrogens with one attached hydrogen (secondary N) is 2. The SMILES string of the molecule is Cc1cc(S(N)(=O)=O)cc(NC(=O)CCNC(=O)Cc2ccccc2)c1C. The fourth-order valence-corrected chi connectivity index (χ4v) is 3.12. The lowest BCUT2D eigenvalue weighted by Gasteiger charge is -2.13. The molecule has 0 radical (unpaired) electrons. The number of anilines is 1. The molecule has 8 heteroatoms. The molecule has 0 aliphatic heterocycles. The van der Waals surface area contributed by atoms with Crippen molar-refractivity contribution < 1.29 is 18.0 Å². The van der Waals surface area contributed by atoms with E-state index in [0.717, 1.165) is 11.1 Å². The van der Waals surface area contributed by atoms with Crippen LogP contribution in [0.4, 0.5) is 5.69 Å². The van der Waals surface area contributed by atoms with Crippen molar-refractivity contribution in [3.63, 3.8) is 0 Å². The monoisotopic (exact) mass is 389 g/mol. The quantitative estimate of drug-likeness (QED) is 0.667. The van der Waals surface area contributed by atoms with Crippen LogP contribution in [-0.2, 0) is 26.0 Å². The molecule has 144 valence electrons. The number of carbonyl (C=O) groups excluding carboxylic acids is 2. The van der Waals surface area contributed by atoms with Crippen LogP contribution in [0.25, 0.3) is 0 Å². The van der Waals surface area contributed by atoms with Gasteiger partial charge in [0.2, 0.25) is 21.8 Å². The zero-order valence-corrected chi connectivity index (χ0v) is 16.1. The van der Waals surface area contributed by atoms with Crippen LogP contribution in [0.2, 0.25) is 0 Å². The summed E-state index contributed by atoms with van der Waals surface area (Å²) in [6.45, 7) is 3.70. The Balaban J connectivity index is 1.90. The van der Waals surface area contributed by atoms with Crippen molar-refractivity contribution >= 4 is 27.5 Å². The molecule has 0 spiro atoms. The maximum Gasteiger partial charge on any atom is 0.238 e. The fraction of sp³-hybridized carbons (Fsp3) is 0.263. The second-order valence-corrected chi connectivity index (χ2v) is 7.83. The lowest BCUT2D eigenvalue weighted by Crippen LogP contribution is -2.29. The molecule has 7 nitrogen and oxygen atoms in total. The molecule has 2 rings (SSSR count). The molecule has 4 N–H and O–H groups in total. The highest BCUT2D eigenvalue weighted by atomic mass is 32.2. The van der Waals surface area contributed by atoms with Crippen LogP contribution >= 0.6 is 0 Å². The van der Waals surface area contributed by atoms with Crippen molar-refractivity contribution in [1.29, 1.82) is 0 Å². The predicted molar refractivity (Wildman–Crippen MR) is 104 cm³/mol. The smallest absolute Gasteiger partial charge is 0.238 e. The van der Waals surface area contributed by atoms with Crippen molar-refractivity contribution in [2.45, 2.75) is 31.6 Å². The summed E-state index contributed by atoms with van der Waals surface area (Å²) in [5, 5.41) is 10.5. The third-order valence-electron chi connectivity index (χ3n) is 4.13. The van der Waals surface area contributed by atoms with Crippen molar-refractivity contribution in [2.75, 3.05) is 11.9 Å². The van der Waals surface area contributed by atoms with Gasteiger partial charge in [0.25, 0.3) is 0 Å². The Labute approximate surface area is 159 Å². The molecular weight excluding hydrogens is 366 g/mol. The second kappa shape index (κ2) is 8.79. The van der Waals surface area contributed by atoms with Gasteiger partial charge in [0, 0.05) is 18.7 Å². The Bertz CT molecular complexity index is 941. The molecule has 0 heterocycles. The highest BCUT2D eigenvalue weighted by Gasteiger charge is 2.14. The first kappa shape index (κ1) is 20.6. The number of hydrogen-bond donors (Lipinski definition) is 3. The van der Waals surface area contributed by atoms with E-state index in [2.05, 4.69) is 10.6 Å². The molecule has 0 aliphatic rings. The first-order chi connectivity index (χ1) is 12.7. The topological polar surface area (TPSA) is 118 Å². The number of nitrogens with two attached hydrogens (primary N) is 1. The van der Waals surface area contributed by atoms with Crippen molar-refractivity contribution in [1.82, 2.24) is 5.32 Å². The molecule has 0 atom stereocenters. The number of aryl methyl sites for hydroxylation is 1. The average Bonchev–Trinajstić information content (AvgIpc) is 2.58. The van der Waals surface area contributed by atoms with Gasteiger partial charge in [-0.1, -0.05) is 30.3 Å². The molecular formula is C19H23N3O4S. The van der Waals surface area contributed by atoms with E-state index in [1.165, 1.54) is 12.1 Å². The number of rotatable bonds is 7. The molecule has 0 aromatic heterocycles. The van der Waals surface area contributed by atoms with Gasteiger partial charge >= 0.3 is 0 Å². The minimum atomic E-state index is -3.87. The zero-order valence-electron chi connectivity index (χ0n) is 15.3. The van der Waals surface area contributed by atoms with E-state index in [0.29, 0.717) is 11.3 Å². The van der Waals surface area contributed by atoms with Crippen molar-refractivity contribution in [3.8, 4) is 0 Å². The zero-order chi connectivity index (χ0) is 20.0. The first-order valence-electron chi connectivity index (χ1n) is 8.41. The number of benzene rings is 2. The molecule has 0 unspecified atom stereocenters. The van der Waals surface area contributed by atoms with Gasteiger partial charge in [-0.15, -0.1) is 0 Å². The Hall–Kier alpha value is -2.71. The van der Waals surface area contributed by atoms with Gasteiger partial charge in [0.05, 0.1) is 11.3 Å². The minimum absolute atomic E-state index is 0.0583. The van der Waals surface area contributed by atoms with E-state index in [4.69, 9.17) is 5.14 Å². The summed E-state index contributed by atoms with van der Waals surface area (Å²) >= 11 is 0. The number of primary sulfonamides is 1. The second-order valence-electron chi connectivity index (χ2n) is 6.27. The normalized spacial score (nSPS) is 11.1. The summed E-state index contributed by atoms with van der Waals surface area (Å²) in [7, 11) is -3.87. The minimum Gasteiger partial charge on any atom is -0.355 e. The van der Waals surface area contributed by atoms with Crippen LogP contribution in [0.15, 0.2) is 47.4 Å². The highest BCUT2D eigenvalue weighted by molar-refractivity contribution is 7.89. The van der Waals surface area contributed by atoms with E-state index in [-0.39, 0.29) is 36.1 Å². The summed E-state index contributed by atoms with van der Waals surface area (Å²) in [4.78, 5) is 24.0. The van der Waals surface area contributed by atoms with Gasteiger partial charge in [0.15, 0.2) is 0 Å². The molecule has 0 bridgehead atoms. The van der Waals surface area contributed by atoms with Gasteiger partial charge in [-0.25, -0.2) is 13.6 Å². The van der Waals surface area contributed by atoms with Gasteiger partial charge < -0.3 is 10.6 Å². The van der Waals surface area contributed by atoms with Gasteiger partial charge in [0.1, 0.15) is 0 Å². The van der Waals surface area contributed by atoms with Crippen LogP contribution in [0.1, 0.15) is 23.1 Å². The van der Waals surface area contributed by atoms with E-state index >= 15 is 0 Å². The van der Waals surface area contributed by atoms with Crippen LogP contribution in [0.5, 0.6) is 0 Å². The molecule has 0 saturated carbocycles. The van der Waals surface area contributed by atoms with E-state index in [1.807, 2.05) is 30.3 Å². The number of sulfonamides is 1. The Morgan fingerprint density at radius 2 is 1.70 bits per heavy atom. The molecule has 27 heavy (non-hydrogen) atoms. The summed E-state index contributed by atoms with van der Waals surface area (Å²) in [6.07, 6.45) is 0.315. The third kappa shape index (κ3) is 6.19. The number of carbonyl (C=O) groups is 2. The van der Waals surface area contributed by atoms with Crippen LogP contribution in [0, 0.1) is 13.8 Å². The maximum absolute atomic E-state index is 12.1. The van der Waals surface area contributed by atoms with Crippen LogP contribution in [0.3, 0.4) is 0 Å². The Kier molecular flexibility index (Phi) is 6.70. The number of hydrogen-bond acceptors (Lipinski definition) is 4.